The summed E-state index contributed by atoms with van der Waals surface area (Å²) in [4.78, 5) is 15.5. The number of rotatable bonds is 6. The molecule has 2 aromatic rings. The first-order chi connectivity index (χ1) is 16.6. The normalized spacial score (nSPS) is 21.1. The van der Waals surface area contributed by atoms with Crippen LogP contribution in [0.5, 0.6) is 0 Å². The van der Waals surface area contributed by atoms with Crippen molar-refractivity contribution in [2.24, 2.45) is 16.3 Å². The van der Waals surface area contributed by atoms with Crippen molar-refractivity contribution in [2.45, 2.75) is 47.9 Å². The zero-order valence-corrected chi connectivity index (χ0v) is 19.6. The molecule has 0 saturated heterocycles. The lowest BCUT2D eigenvalue weighted by Crippen LogP contribution is -2.43. The lowest BCUT2D eigenvalue weighted by molar-refractivity contribution is -0.276. The van der Waals surface area contributed by atoms with E-state index in [1.165, 1.54) is 18.2 Å². The van der Waals surface area contributed by atoms with E-state index < -0.39 is 63.1 Å². The number of nitrogens with zero attached hydrogens (tertiary/aromatic N) is 1. The summed E-state index contributed by atoms with van der Waals surface area (Å²) in [7, 11) is 0. The third kappa shape index (κ3) is 5.22. The van der Waals surface area contributed by atoms with Crippen molar-refractivity contribution in [3.05, 3.63) is 58.4 Å². The van der Waals surface area contributed by atoms with Crippen LogP contribution >= 0.6 is 23.4 Å². The number of anilines is 1. The molecule has 3 N–H and O–H groups in total. The zero-order valence-electron chi connectivity index (χ0n) is 18.1. The van der Waals surface area contributed by atoms with E-state index in [0.717, 1.165) is 0 Å². The SMILES string of the molecule is NC(=O)C1(Cc2cc(NC3=NOC(c4ccc(F)c(SC(F)(F)F)c4)(C(F)(F)F)C3)ccc2Cl)CC1. The molecule has 0 radical (unpaired) electrons. The molecule has 1 saturated carbocycles. The zero-order chi connectivity index (χ0) is 26.5. The Morgan fingerprint density at radius 2 is 1.83 bits per heavy atom. The van der Waals surface area contributed by atoms with Crippen molar-refractivity contribution in [1.29, 1.82) is 0 Å². The fourth-order valence-electron chi connectivity index (χ4n) is 3.91. The molecular weight excluding hydrogens is 539 g/mol. The number of amidine groups is 1. The fourth-order valence-corrected chi connectivity index (χ4v) is 4.69. The van der Waals surface area contributed by atoms with Gasteiger partial charge in [-0.05, 0) is 66.9 Å². The van der Waals surface area contributed by atoms with Crippen LogP contribution in [0.25, 0.3) is 0 Å². The van der Waals surface area contributed by atoms with Crippen LogP contribution in [0, 0.1) is 11.2 Å². The van der Waals surface area contributed by atoms with Gasteiger partial charge in [0.1, 0.15) is 5.82 Å². The van der Waals surface area contributed by atoms with Gasteiger partial charge in [0.05, 0.1) is 16.7 Å². The highest BCUT2D eigenvalue weighted by Gasteiger charge is 2.62. The maximum Gasteiger partial charge on any atom is 0.446 e. The van der Waals surface area contributed by atoms with Crippen molar-refractivity contribution in [2.75, 3.05) is 5.32 Å². The molecular formula is C22H17ClF7N3O2S. The lowest BCUT2D eigenvalue weighted by atomic mass is 9.89. The highest BCUT2D eigenvalue weighted by Crippen LogP contribution is 2.51. The van der Waals surface area contributed by atoms with Gasteiger partial charge in [-0.25, -0.2) is 4.39 Å². The first-order valence-electron chi connectivity index (χ1n) is 10.4. The molecule has 0 bridgehead atoms. The standard InChI is InChI=1S/C22H17ClF7N3O2S/c23-14-3-2-13(7-11(14)9-19(5-6-19)18(31)34)32-17-10-20(35-33-17,21(25,26)27)12-1-4-15(24)16(8-12)36-22(28,29)30/h1-4,7-8H,5-6,9-10H2,(H2,31,34)(H,32,33). The summed E-state index contributed by atoms with van der Waals surface area (Å²) in [6.07, 6.45) is -4.58. The minimum absolute atomic E-state index is 0.251. The number of primary amides is 1. The number of carbonyl (C=O) groups is 1. The monoisotopic (exact) mass is 555 g/mol. The maximum absolute atomic E-state index is 14.2. The first kappa shape index (κ1) is 26.4. The molecule has 194 valence electrons. The number of amides is 1. The molecule has 0 aromatic heterocycles. The first-order valence-corrected chi connectivity index (χ1v) is 11.6. The van der Waals surface area contributed by atoms with Crippen molar-refractivity contribution in [3.8, 4) is 0 Å². The van der Waals surface area contributed by atoms with Crippen molar-refractivity contribution < 1.29 is 40.4 Å². The number of hydrogen-bond donors (Lipinski definition) is 2. The Balaban J connectivity index is 1.58. The topological polar surface area (TPSA) is 76.7 Å². The second-order valence-electron chi connectivity index (χ2n) is 8.58. The maximum atomic E-state index is 14.2. The van der Waals surface area contributed by atoms with Crippen LogP contribution in [0.2, 0.25) is 5.02 Å². The van der Waals surface area contributed by atoms with Gasteiger partial charge in [-0.1, -0.05) is 22.8 Å². The van der Waals surface area contributed by atoms with Gasteiger partial charge in [0.2, 0.25) is 5.91 Å². The second-order valence-corrected chi connectivity index (χ2v) is 10.1. The van der Waals surface area contributed by atoms with Crippen LogP contribution < -0.4 is 11.1 Å². The number of nitrogens with one attached hydrogen (secondary N) is 1. The number of nitrogens with two attached hydrogens (primary N) is 1. The summed E-state index contributed by atoms with van der Waals surface area (Å²) in [6, 6.07) is 6.19. The molecule has 36 heavy (non-hydrogen) atoms. The Morgan fingerprint density at radius 1 is 1.14 bits per heavy atom. The van der Waals surface area contributed by atoms with Crippen LogP contribution in [0.1, 0.15) is 30.4 Å². The Bertz CT molecular complexity index is 1230. The largest absolute Gasteiger partial charge is 0.446 e. The number of alkyl halides is 6. The molecule has 1 fully saturated rings. The average molecular weight is 556 g/mol. The summed E-state index contributed by atoms with van der Waals surface area (Å²) in [6.45, 7) is 0. The summed E-state index contributed by atoms with van der Waals surface area (Å²) in [5.41, 5.74) is -3.20. The third-order valence-corrected chi connectivity index (χ3v) is 7.18. The molecule has 1 atom stereocenters. The van der Waals surface area contributed by atoms with Crippen molar-refractivity contribution in [1.82, 2.24) is 0 Å². The number of thioether (sulfide) groups is 1. The number of hydrogen-bond acceptors (Lipinski definition) is 5. The summed E-state index contributed by atoms with van der Waals surface area (Å²) >= 11 is 5.34. The van der Waals surface area contributed by atoms with Crippen LogP contribution in [0.3, 0.4) is 0 Å². The van der Waals surface area contributed by atoms with Crippen LogP contribution in [-0.2, 0) is 21.7 Å². The van der Waals surface area contributed by atoms with Gasteiger partial charge >= 0.3 is 11.7 Å². The molecule has 1 aliphatic heterocycles. The van der Waals surface area contributed by atoms with Crippen LogP contribution in [0.4, 0.5) is 36.4 Å². The van der Waals surface area contributed by atoms with Crippen LogP contribution in [0.15, 0.2) is 46.4 Å². The average Bonchev–Trinajstić information content (AvgIpc) is 3.41. The molecule has 0 spiro atoms. The van der Waals surface area contributed by atoms with Gasteiger partial charge in [-0.15, -0.1) is 0 Å². The summed E-state index contributed by atoms with van der Waals surface area (Å²) < 4.78 is 94.6. The summed E-state index contributed by atoms with van der Waals surface area (Å²) in [5, 5.41) is 6.51. The van der Waals surface area contributed by atoms with Crippen LogP contribution in [-0.4, -0.2) is 23.4 Å². The number of oxime groups is 1. The van der Waals surface area contributed by atoms with E-state index >= 15 is 0 Å². The van der Waals surface area contributed by atoms with Gasteiger partial charge in [-0.2, -0.15) is 26.3 Å². The molecule has 1 heterocycles. The van der Waals surface area contributed by atoms with E-state index in [4.69, 9.17) is 22.2 Å². The lowest BCUT2D eigenvalue weighted by Gasteiger charge is -2.29. The molecule has 5 nitrogen and oxygen atoms in total. The fraction of sp³-hybridized carbons (Fsp3) is 0.364. The quantitative estimate of drug-likeness (QED) is 0.315. The van der Waals surface area contributed by atoms with Crippen molar-refractivity contribution >= 4 is 40.8 Å². The highest BCUT2D eigenvalue weighted by atomic mass is 35.5. The van der Waals surface area contributed by atoms with E-state index in [-0.39, 0.29) is 12.3 Å². The van der Waals surface area contributed by atoms with E-state index in [2.05, 4.69) is 10.5 Å². The van der Waals surface area contributed by atoms with E-state index in [1.54, 1.807) is 0 Å². The van der Waals surface area contributed by atoms with E-state index in [9.17, 15) is 35.5 Å². The van der Waals surface area contributed by atoms with Gasteiger partial charge in [0, 0.05) is 16.3 Å². The van der Waals surface area contributed by atoms with Crippen molar-refractivity contribution in [3.63, 3.8) is 0 Å². The molecule has 1 amide bonds. The third-order valence-electron chi connectivity index (χ3n) is 6.05. The molecule has 14 heteroatoms. The van der Waals surface area contributed by atoms with E-state index in [0.29, 0.717) is 47.3 Å². The molecule has 2 aliphatic rings. The molecule has 1 aliphatic carbocycles. The predicted octanol–water partition coefficient (Wildman–Crippen LogP) is 6.50. The molecule has 2 aromatic carbocycles. The van der Waals surface area contributed by atoms with Gasteiger partial charge in [-0.3, -0.25) is 4.79 Å². The Kier molecular flexibility index (Phi) is 6.61. The number of benzene rings is 2. The second kappa shape index (κ2) is 9.02. The highest BCUT2D eigenvalue weighted by molar-refractivity contribution is 8.00. The predicted molar refractivity (Wildman–Crippen MR) is 119 cm³/mol. The number of carbonyl (C=O) groups excluding carboxylic acids is 1. The minimum atomic E-state index is -5.11. The van der Waals surface area contributed by atoms with Gasteiger partial charge in [0.25, 0.3) is 5.60 Å². The smallest absolute Gasteiger partial charge is 0.372 e. The molecule has 1 unspecified atom stereocenters. The minimum Gasteiger partial charge on any atom is -0.372 e. The molecule has 4 rings (SSSR count). The van der Waals surface area contributed by atoms with Gasteiger partial charge in [0.15, 0.2) is 5.84 Å². The van der Waals surface area contributed by atoms with Gasteiger partial charge < -0.3 is 15.9 Å². The Hall–Kier alpha value is -2.67. The summed E-state index contributed by atoms with van der Waals surface area (Å²) in [5.74, 6) is -2.07. The Morgan fingerprint density at radius 3 is 2.42 bits per heavy atom. The Labute approximate surface area is 209 Å². The van der Waals surface area contributed by atoms with E-state index in [1.807, 2.05) is 0 Å². The number of halogens is 8.